The number of carbonyl (C=O) groups excluding carboxylic acids is 2. The Hall–Kier alpha value is -3.40. The number of anilines is 1. The Balaban J connectivity index is 1.96. The smallest absolute Gasteiger partial charge is 0.272 e. The number of nitrogens with one attached hydrogen (secondary N) is 2. The number of hydrogen-bond donors (Lipinski definition) is 2. The van der Waals surface area contributed by atoms with Gasteiger partial charge in [-0.3, -0.25) is 19.7 Å². The molecule has 34 heavy (non-hydrogen) atoms. The van der Waals surface area contributed by atoms with Crippen molar-refractivity contribution in [3.05, 3.63) is 102 Å². The van der Waals surface area contributed by atoms with Gasteiger partial charge in [-0.2, -0.15) is 0 Å². The van der Waals surface area contributed by atoms with E-state index in [2.05, 4.69) is 26.6 Å². The van der Waals surface area contributed by atoms with Gasteiger partial charge in [-0.05, 0) is 60.2 Å². The monoisotopic (exact) mass is 563 g/mol. The first-order valence-corrected chi connectivity index (χ1v) is 11.1. The van der Waals surface area contributed by atoms with E-state index >= 15 is 0 Å². The first-order valence-electron chi connectivity index (χ1n) is 9.55. The van der Waals surface area contributed by atoms with Gasteiger partial charge in [0.15, 0.2) is 0 Å². The standard InChI is InChI=1S/C23H16BrCl2N3O5/c1-34-21-9-4-14(24)11-17(21)22(30)28-20(10-13-2-6-16(7-3-13)29(32)33)23(31)27-15-5-8-18(25)19(26)12-15/h2-12H,1H3,(H,27,31)(H,28,30)/b20-10+. The number of methoxy groups -OCH3 is 1. The third-order valence-corrected chi connectivity index (χ3v) is 5.72. The van der Waals surface area contributed by atoms with Crippen molar-refractivity contribution in [3.63, 3.8) is 0 Å². The topological polar surface area (TPSA) is 111 Å². The minimum Gasteiger partial charge on any atom is -0.496 e. The molecule has 0 atom stereocenters. The number of rotatable bonds is 7. The zero-order valence-electron chi connectivity index (χ0n) is 17.5. The molecule has 11 heteroatoms. The lowest BCUT2D eigenvalue weighted by Crippen LogP contribution is -2.31. The van der Waals surface area contributed by atoms with Crippen molar-refractivity contribution in [2.24, 2.45) is 0 Å². The zero-order valence-corrected chi connectivity index (χ0v) is 20.6. The number of carbonyl (C=O) groups is 2. The molecule has 0 saturated carbocycles. The van der Waals surface area contributed by atoms with Crippen LogP contribution in [0.5, 0.6) is 5.75 Å². The molecule has 3 aromatic carbocycles. The van der Waals surface area contributed by atoms with Crippen LogP contribution >= 0.6 is 39.1 Å². The molecule has 8 nitrogen and oxygen atoms in total. The van der Waals surface area contributed by atoms with Gasteiger partial charge in [0.1, 0.15) is 11.4 Å². The summed E-state index contributed by atoms with van der Waals surface area (Å²) in [5.41, 5.74) is 0.761. The molecule has 174 valence electrons. The van der Waals surface area contributed by atoms with Crippen molar-refractivity contribution in [2.75, 3.05) is 12.4 Å². The highest BCUT2D eigenvalue weighted by molar-refractivity contribution is 9.10. The molecule has 0 unspecified atom stereocenters. The maximum absolute atomic E-state index is 13.1. The number of hydrogen-bond acceptors (Lipinski definition) is 5. The van der Waals surface area contributed by atoms with Crippen molar-refractivity contribution >= 4 is 68.4 Å². The average Bonchev–Trinajstić information content (AvgIpc) is 2.81. The lowest BCUT2D eigenvalue weighted by Gasteiger charge is -2.13. The second-order valence-corrected chi connectivity index (χ2v) is 8.52. The van der Waals surface area contributed by atoms with Crippen LogP contribution in [0, 0.1) is 10.1 Å². The number of nitrogens with zero attached hydrogens (tertiary/aromatic N) is 1. The van der Waals surface area contributed by atoms with Crippen LogP contribution in [-0.2, 0) is 4.79 Å². The minimum atomic E-state index is -0.654. The molecule has 3 rings (SSSR count). The molecule has 0 radical (unpaired) electrons. The van der Waals surface area contributed by atoms with E-state index in [9.17, 15) is 19.7 Å². The Morgan fingerprint density at radius 1 is 1.03 bits per heavy atom. The third kappa shape index (κ3) is 6.34. The van der Waals surface area contributed by atoms with E-state index in [4.69, 9.17) is 27.9 Å². The molecule has 0 saturated heterocycles. The van der Waals surface area contributed by atoms with Gasteiger partial charge in [0.25, 0.3) is 17.5 Å². The Labute approximate surface area is 212 Å². The van der Waals surface area contributed by atoms with Gasteiger partial charge >= 0.3 is 0 Å². The normalized spacial score (nSPS) is 11.0. The number of nitro groups is 1. The number of ether oxygens (including phenoxy) is 1. The van der Waals surface area contributed by atoms with Crippen LogP contribution < -0.4 is 15.4 Å². The highest BCUT2D eigenvalue weighted by Crippen LogP contribution is 2.26. The summed E-state index contributed by atoms with van der Waals surface area (Å²) in [5, 5.41) is 16.7. The van der Waals surface area contributed by atoms with Gasteiger partial charge in [0.2, 0.25) is 0 Å². The third-order valence-electron chi connectivity index (χ3n) is 4.49. The second-order valence-electron chi connectivity index (χ2n) is 6.79. The number of non-ortho nitro benzene ring substituents is 1. The quantitative estimate of drug-likeness (QED) is 0.205. The van der Waals surface area contributed by atoms with E-state index in [1.165, 1.54) is 49.6 Å². The Bertz CT molecular complexity index is 1300. The number of halogens is 3. The highest BCUT2D eigenvalue weighted by atomic mass is 79.9. The van der Waals surface area contributed by atoms with E-state index < -0.39 is 16.7 Å². The number of nitro benzene ring substituents is 1. The maximum atomic E-state index is 13.1. The molecule has 0 fully saturated rings. The van der Waals surface area contributed by atoms with Crippen molar-refractivity contribution < 1.29 is 19.2 Å². The Morgan fingerprint density at radius 3 is 2.35 bits per heavy atom. The molecule has 0 heterocycles. The molecule has 0 aliphatic heterocycles. The molecule has 0 spiro atoms. The SMILES string of the molecule is COc1ccc(Br)cc1C(=O)N/C(=C/c1ccc([N+](=O)[O-])cc1)C(=O)Nc1ccc(Cl)c(Cl)c1. The van der Waals surface area contributed by atoms with E-state index in [0.29, 0.717) is 26.5 Å². The minimum absolute atomic E-state index is 0.109. The van der Waals surface area contributed by atoms with E-state index in [-0.39, 0.29) is 22.0 Å². The predicted octanol–water partition coefficient (Wildman–Crippen LogP) is 6.08. The summed E-state index contributed by atoms with van der Waals surface area (Å²) in [7, 11) is 1.42. The predicted molar refractivity (Wildman–Crippen MR) is 134 cm³/mol. The fraction of sp³-hybridized carbons (Fsp3) is 0.0435. The van der Waals surface area contributed by atoms with Crippen LogP contribution in [0.3, 0.4) is 0 Å². The summed E-state index contributed by atoms with van der Waals surface area (Å²) in [5.74, 6) is -0.949. The average molecular weight is 565 g/mol. The molecule has 3 aromatic rings. The van der Waals surface area contributed by atoms with Crippen molar-refractivity contribution in [1.29, 1.82) is 0 Å². The van der Waals surface area contributed by atoms with E-state index in [1.807, 2.05) is 0 Å². The number of benzene rings is 3. The van der Waals surface area contributed by atoms with Gasteiger partial charge in [0.05, 0.1) is 27.6 Å². The fourth-order valence-electron chi connectivity index (χ4n) is 2.84. The van der Waals surface area contributed by atoms with Gasteiger partial charge in [-0.25, -0.2) is 0 Å². The van der Waals surface area contributed by atoms with E-state index in [0.717, 1.165) is 0 Å². The van der Waals surface area contributed by atoms with Crippen LogP contribution in [0.2, 0.25) is 10.0 Å². The summed E-state index contributed by atoms with van der Waals surface area (Å²) >= 11 is 15.3. The van der Waals surface area contributed by atoms with Gasteiger partial charge < -0.3 is 15.4 Å². The Morgan fingerprint density at radius 2 is 1.74 bits per heavy atom. The second kappa shape index (κ2) is 11.1. The summed E-state index contributed by atoms with van der Waals surface area (Å²) in [4.78, 5) is 36.5. The van der Waals surface area contributed by atoms with Crippen LogP contribution in [0.4, 0.5) is 11.4 Å². The molecule has 0 aliphatic rings. The molecule has 2 amide bonds. The van der Waals surface area contributed by atoms with Gasteiger partial charge in [-0.15, -0.1) is 0 Å². The van der Waals surface area contributed by atoms with Gasteiger partial charge in [-0.1, -0.05) is 39.1 Å². The largest absolute Gasteiger partial charge is 0.496 e. The molecule has 2 N–H and O–H groups in total. The fourth-order valence-corrected chi connectivity index (χ4v) is 3.50. The molecule has 0 bridgehead atoms. The van der Waals surface area contributed by atoms with Crippen LogP contribution in [0.1, 0.15) is 15.9 Å². The molecule has 0 aliphatic carbocycles. The van der Waals surface area contributed by atoms with Crippen LogP contribution in [0.15, 0.2) is 70.8 Å². The lowest BCUT2D eigenvalue weighted by atomic mass is 10.1. The summed E-state index contributed by atoms with van der Waals surface area (Å²) in [6.45, 7) is 0. The van der Waals surface area contributed by atoms with Crippen molar-refractivity contribution in [1.82, 2.24) is 5.32 Å². The van der Waals surface area contributed by atoms with Crippen molar-refractivity contribution in [3.8, 4) is 5.75 Å². The molecular formula is C23H16BrCl2N3O5. The van der Waals surface area contributed by atoms with Crippen LogP contribution in [-0.4, -0.2) is 23.8 Å². The first-order chi connectivity index (χ1) is 16.2. The zero-order chi connectivity index (χ0) is 24.8. The van der Waals surface area contributed by atoms with E-state index in [1.54, 1.807) is 24.3 Å². The summed E-state index contributed by atoms with van der Waals surface area (Å²) in [6, 6.07) is 14.9. The molecular weight excluding hydrogens is 549 g/mol. The van der Waals surface area contributed by atoms with Crippen LogP contribution in [0.25, 0.3) is 6.08 Å². The van der Waals surface area contributed by atoms with Crippen molar-refractivity contribution in [2.45, 2.75) is 0 Å². The summed E-state index contributed by atoms with van der Waals surface area (Å²) in [6.07, 6.45) is 1.39. The first kappa shape index (κ1) is 25.2. The maximum Gasteiger partial charge on any atom is 0.272 e. The summed E-state index contributed by atoms with van der Waals surface area (Å²) < 4.78 is 5.88. The number of amides is 2. The highest BCUT2D eigenvalue weighted by Gasteiger charge is 2.19. The van der Waals surface area contributed by atoms with Gasteiger partial charge in [0, 0.05) is 22.3 Å². The lowest BCUT2D eigenvalue weighted by molar-refractivity contribution is -0.384. The Kier molecular flexibility index (Phi) is 8.27. The molecule has 0 aromatic heterocycles.